The first-order chi connectivity index (χ1) is 13.0. The van der Waals surface area contributed by atoms with Gasteiger partial charge in [-0.1, -0.05) is 36.4 Å². The second-order valence-electron chi connectivity index (χ2n) is 6.22. The molecule has 3 aromatic rings. The van der Waals surface area contributed by atoms with Crippen LogP contribution in [0.3, 0.4) is 0 Å². The van der Waals surface area contributed by atoms with E-state index in [4.69, 9.17) is 0 Å². The zero-order valence-electron chi connectivity index (χ0n) is 14.8. The summed E-state index contributed by atoms with van der Waals surface area (Å²) in [6.45, 7) is 1.94. The number of halogens is 1. The number of para-hydroxylation sites is 1. The normalized spacial score (nSPS) is 10.3. The van der Waals surface area contributed by atoms with Gasteiger partial charge in [0.25, 0.3) is 5.91 Å². The average molecular weight is 362 g/mol. The first kappa shape index (κ1) is 18.3. The van der Waals surface area contributed by atoms with E-state index in [1.807, 2.05) is 25.1 Å². The standard InChI is InChI=1S/C22H19FN2O2/c1-15-5-4-6-18(13-15)24-22(27)19-7-2-3-8-20(19)25-21(26)14-16-9-11-17(23)12-10-16/h2-13H,14H2,1H3,(H,24,27)(H,25,26). The topological polar surface area (TPSA) is 58.2 Å². The van der Waals surface area contributed by atoms with Crippen LogP contribution in [0, 0.1) is 12.7 Å². The number of carbonyl (C=O) groups is 2. The molecule has 0 spiro atoms. The smallest absolute Gasteiger partial charge is 0.257 e. The van der Waals surface area contributed by atoms with Crippen LogP contribution in [0.2, 0.25) is 0 Å². The molecular weight excluding hydrogens is 343 g/mol. The van der Waals surface area contributed by atoms with Gasteiger partial charge in [-0.3, -0.25) is 9.59 Å². The summed E-state index contributed by atoms with van der Waals surface area (Å²) in [5.74, 6) is -0.937. The predicted octanol–water partition coefficient (Wildman–Crippen LogP) is 4.57. The van der Waals surface area contributed by atoms with E-state index in [1.54, 1.807) is 42.5 Å². The van der Waals surface area contributed by atoms with E-state index < -0.39 is 0 Å². The average Bonchev–Trinajstić information content (AvgIpc) is 2.64. The molecule has 0 radical (unpaired) electrons. The molecule has 27 heavy (non-hydrogen) atoms. The fourth-order valence-corrected chi connectivity index (χ4v) is 2.69. The summed E-state index contributed by atoms with van der Waals surface area (Å²) in [5, 5.41) is 5.59. The fourth-order valence-electron chi connectivity index (χ4n) is 2.69. The molecule has 0 fully saturated rings. The zero-order valence-corrected chi connectivity index (χ0v) is 14.8. The van der Waals surface area contributed by atoms with Crippen LogP contribution in [0.15, 0.2) is 72.8 Å². The number of benzene rings is 3. The third kappa shape index (κ3) is 5.01. The first-order valence-corrected chi connectivity index (χ1v) is 8.52. The minimum atomic E-state index is -0.350. The Morgan fingerprint density at radius 2 is 1.63 bits per heavy atom. The maximum absolute atomic E-state index is 13.0. The van der Waals surface area contributed by atoms with Gasteiger partial charge >= 0.3 is 0 Å². The molecule has 136 valence electrons. The Bertz CT molecular complexity index is 968. The summed E-state index contributed by atoms with van der Waals surface area (Å²) < 4.78 is 13.0. The van der Waals surface area contributed by atoms with Gasteiger partial charge in [0.15, 0.2) is 0 Å². The van der Waals surface area contributed by atoms with Crippen molar-refractivity contribution in [3.63, 3.8) is 0 Å². The van der Waals surface area contributed by atoms with Gasteiger partial charge in [0.2, 0.25) is 5.91 Å². The largest absolute Gasteiger partial charge is 0.325 e. The summed E-state index contributed by atoms with van der Waals surface area (Å²) in [5.41, 5.74) is 3.21. The summed E-state index contributed by atoms with van der Waals surface area (Å²) in [6.07, 6.45) is 0.0914. The Balaban J connectivity index is 1.72. The predicted molar refractivity (Wildman–Crippen MR) is 104 cm³/mol. The summed E-state index contributed by atoms with van der Waals surface area (Å²) in [6, 6.07) is 20.0. The summed E-state index contributed by atoms with van der Waals surface area (Å²) >= 11 is 0. The van der Waals surface area contributed by atoms with Crippen molar-refractivity contribution in [2.75, 3.05) is 10.6 Å². The Labute approximate surface area is 157 Å². The Hall–Kier alpha value is -3.47. The van der Waals surface area contributed by atoms with E-state index in [9.17, 15) is 14.0 Å². The van der Waals surface area contributed by atoms with Crippen molar-refractivity contribution < 1.29 is 14.0 Å². The van der Waals surface area contributed by atoms with Gasteiger partial charge < -0.3 is 10.6 Å². The lowest BCUT2D eigenvalue weighted by Gasteiger charge is -2.12. The highest BCUT2D eigenvalue weighted by molar-refractivity contribution is 6.10. The Morgan fingerprint density at radius 1 is 0.889 bits per heavy atom. The highest BCUT2D eigenvalue weighted by atomic mass is 19.1. The fraction of sp³-hybridized carbons (Fsp3) is 0.0909. The molecule has 3 aromatic carbocycles. The Morgan fingerprint density at radius 3 is 2.37 bits per heavy atom. The van der Waals surface area contributed by atoms with Crippen LogP contribution >= 0.6 is 0 Å². The molecule has 0 aliphatic rings. The number of nitrogens with one attached hydrogen (secondary N) is 2. The van der Waals surface area contributed by atoms with E-state index in [-0.39, 0.29) is 24.1 Å². The van der Waals surface area contributed by atoms with E-state index in [2.05, 4.69) is 10.6 Å². The van der Waals surface area contributed by atoms with Crippen molar-refractivity contribution >= 4 is 23.2 Å². The van der Waals surface area contributed by atoms with Crippen LogP contribution in [0.25, 0.3) is 0 Å². The van der Waals surface area contributed by atoms with E-state index in [1.165, 1.54) is 12.1 Å². The molecule has 0 heterocycles. The summed E-state index contributed by atoms with van der Waals surface area (Å²) in [4.78, 5) is 24.9. The number of hydrogen-bond acceptors (Lipinski definition) is 2. The molecule has 0 aliphatic heterocycles. The van der Waals surface area contributed by atoms with Crippen molar-refractivity contribution in [1.29, 1.82) is 0 Å². The number of amides is 2. The van der Waals surface area contributed by atoms with Gasteiger partial charge in [0.05, 0.1) is 17.7 Å². The number of aryl methyl sites for hydroxylation is 1. The van der Waals surface area contributed by atoms with Crippen molar-refractivity contribution in [1.82, 2.24) is 0 Å². The number of hydrogen-bond donors (Lipinski definition) is 2. The molecule has 3 rings (SSSR count). The zero-order chi connectivity index (χ0) is 19.2. The van der Waals surface area contributed by atoms with Gasteiger partial charge in [0, 0.05) is 5.69 Å². The van der Waals surface area contributed by atoms with Gasteiger partial charge in [-0.05, 0) is 54.4 Å². The lowest BCUT2D eigenvalue weighted by Crippen LogP contribution is -2.19. The van der Waals surface area contributed by atoms with E-state index in [0.29, 0.717) is 22.5 Å². The SMILES string of the molecule is Cc1cccc(NC(=O)c2ccccc2NC(=O)Cc2ccc(F)cc2)c1. The molecule has 0 unspecified atom stereocenters. The molecule has 0 atom stereocenters. The van der Waals surface area contributed by atoms with Crippen LogP contribution in [0.1, 0.15) is 21.5 Å². The van der Waals surface area contributed by atoms with Crippen LogP contribution in [0.5, 0.6) is 0 Å². The molecule has 0 saturated carbocycles. The van der Waals surface area contributed by atoms with Crippen molar-refractivity contribution in [3.8, 4) is 0 Å². The third-order valence-corrected chi connectivity index (χ3v) is 4.00. The lowest BCUT2D eigenvalue weighted by molar-refractivity contribution is -0.115. The maximum Gasteiger partial charge on any atom is 0.257 e. The number of carbonyl (C=O) groups excluding carboxylic acids is 2. The summed E-state index contributed by atoms with van der Waals surface area (Å²) in [7, 11) is 0. The first-order valence-electron chi connectivity index (χ1n) is 8.52. The van der Waals surface area contributed by atoms with Crippen molar-refractivity contribution in [2.45, 2.75) is 13.3 Å². The molecule has 0 aromatic heterocycles. The minimum absolute atomic E-state index is 0.0914. The minimum Gasteiger partial charge on any atom is -0.325 e. The molecule has 0 bridgehead atoms. The molecule has 0 saturated heterocycles. The van der Waals surface area contributed by atoms with Crippen molar-refractivity contribution in [2.24, 2.45) is 0 Å². The monoisotopic (exact) mass is 362 g/mol. The van der Waals surface area contributed by atoms with Gasteiger partial charge in [-0.2, -0.15) is 0 Å². The van der Waals surface area contributed by atoms with Gasteiger partial charge in [-0.15, -0.1) is 0 Å². The second kappa shape index (κ2) is 8.27. The highest BCUT2D eigenvalue weighted by Crippen LogP contribution is 2.18. The van der Waals surface area contributed by atoms with Gasteiger partial charge in [-0.25, -0.2) is 4.39 Å². The van der Waals surface area contributed by atoms with Crippen LogP contribution in [-0.2, 0) is 11.2 Å². The van der Waals surface area contributed by atoms with Crippen LogP contribution < -0.4 is 10.6 Å². The van der Waals surface area contributed by atoms with E-state index in [0.717, 1.165) is 5.56 Å². The Kier molecular flexibility index (Phi) is 5.61. The molecule has 2 N–H and O–H groups in total. The van der Waals surface area contributed by atoms with Crippen LogP contribution in [0.4, 0.5) is 15.8 Å². The maximum atomic E-state index is 13.0. The quantitative estimate of drug-likeness (QED) is 0.699. The molecule has 0 aliphatic carbocycles. The molecule has 4 nitrogen and oxygen atoms in total. The molecular formula is C22H19FN2O2. The lowest BCUT2D eigenvalue weighted by atomic mass is 10.1. The van der Waals surface area contributed by atoms with Crippen molar-refractivity contribution in [3.05, 3.63) is 95.3 Å². The van der Waals surface area contributed by atoms with Gasteiger partial charge in [0.1, 0.15) is 5.82 Å². The highest BCUT2D eigenvalue weighted by Gasteiger charge is 2.14. The third-order valence-electron chi connectivity index (χ3n) is 4.00. The molecule has 2 amide bonds. The van der Waals surface area contributed by atoms with Crippen LogP contribution in [-0.4, -0.2) is 11.8 Å². The second-order valence-corrected chi connectivity index (χ2v) is 6.22. The number of rotatable bonds is 5. The van der Waals surface area contributed by atoms with E-state index >= 15 is 0 Å². The number of anilines is 2. The molecule has 5 heteroatoms.